The van der Waals surface area contributed by atoms with E-state index in [0.717, 1.165) is 5.56 Å². The first-order chi connectivity index (χ1) is 11.1. The van der Waals surface area contributed by atoms with Gasteiger partial charge < -0.3 is 19.7 Å². The molecule has 7 heteroatoms. The van der Waals surface area contributed by atoms with Gasteiger partial charge in [0.25, 0.3) is 5.91 Å². The number of nitrogens with zero attached hydrogens (tertiary/aromatic N) is 1. The summed E-state index contributed by atoms with van der Waals surface area (Å²) in [5.41, 5.74) is 0.999. The van der Waals surface area contributed by atoms with Crippen LogP contribution in [0.4, 0.5) is 0 Å². The van der Waals surface area contributed by atoms with Gasteiger partial charge in [0.15, 0.2) is 11.5 Å². The van der Waals surface area contributed by atoms with Crippen LogP contribution in [0, 0.1) is 5.92 Å². The number of ether oxygens (including phenoxy) is 1. The third-order valence-electron chi connectivity index (χ3n) is 3.26. The molecule has 0 aliphatic carbocycles. The first kappa shape index (κ1) is 16.7. The number of carboxylic acids is 1. The number of rotatable bonds is 8. The molecule has 122 valence electrons. The number of carbonyl (C=O) groups excluding carboxylic acids is 1. The van der Waals surface area contributed by atoms with Crippen molar-refractivity contribution in [1.82, 2.24) is 10.5 Å². The van der Waals surface area contributed by atoms with Crippen molar-refractivity contribution in [2.45, 2.75) is 13.0 Å². The van der Waals surface area contributed by atoms with Crippen molar-refractivity contribution < 1.29 is 24.0 Å². The van der Waals surface area contributed by atoms with Gasteiger partial charge in [-0.1, -0.05) is 35.5 Å². The van der Waals surface area contributed by atoms with Crippen molar-refractivity contribution in [2.24, 2.45) is 5.92 Å². The van der Waals surface area contributed by atoms with Crippen molar-refractivity contribution in [3.05, 3.63) is 53.4 Å². The molecule has 0 unspecified atom stereocenters. The molecule has 1 heterocycles. The Morgan fingerprint density at radius 1 is 1.35 bits per heavy atom. The van der Waals surface area contributed by atoms with Crippen LogP contribution in [0.25, 0.3) is 0 Å². The zero-order valence-electron chi connectivity index (χ0n) is 12.7. The van der Waals surface area contributed by atoms with Gasteiger partial charge in [0.05, 0.1) is 5.92 Å². The number of methoxy groups -OCH3 is 1. The quantitative estimate of drug-likeness (QED) is 0.764. The fourth-order valence-corrected chi connectivity index (χ4v) is 2.08. The van der Waals surface area contributed by atoms with Crippen molar-refractivity contribution in [2.75, 3.05) is 13.7 Å². The largest absolute Gasteiger partial charge is 0.481 e. The summed E-state index contributed by atoms with van der Waals surface area (Å²) in [6.45, 7) is 0.224. The number of carbonyl (C=O) groups is 2. The summed E-state index contributed by atoms with van der Waals surface area (Å²) in [6.07, 6.45) is 0.337. The van der Waals surface area contributed by atoms with Crippen LogP contribution < -0.4 is 5.32 Å². The van der Waals surface area contributed by atoms with Gasteiger partial charge in [-0.25, -0.2) is 0 Å². The standard InChI is InChI=1S/C16H18N2O5/c1-22-10-13-8-14(18-23-13)15(19)17-9-12(16(20)21)7-11-5-3-2-4-6-11/h2-6,8,12H,7,9-10H2,1H3,(H,17,19)(H,20,21)/t12-/m1/s1. The lowest BCUT2D eigenvalue weighted by molar-refractivity contribution is -0.141. The van der Waals surface area contributed by atoms with E-state index in [4.69, 9.17) is 9.26 Å². The minimum absolute atomic E-state index is 0.00946. The van der Waals surface area contributed by atoms with E-state index in [1.54, 1.807) is 0 Å². The number of hydrogen-bond donors (Lipinski definition) is 2. The lowest BCUT2D eigenvalue weighted by Crippen LogP contribution is -2.34. The summed E-state index contributed by atoms with van der Waals surface area (Å²) in [4.78, 5) is 23.3. The highest BCUT2D eigenvalue weighted by Gasteiger charge is 2.20. The number of aliphatic carboxylic acids is 1. The average Bonchev–Trinajstić information content (AvgIpc) is 3.01. The van der Waals surface area contributed by atoms with E-state index in [2.05, 4.69) is 10.5 Å². The SMILES string of the molecule is COCc1cc(C(=O)NC[C@@H](Cc2ccccc2)C(=O)O)no1. The molecule has 0 saturated heterocycles. The van der Waals surface area contributed by atoms with Crippen LogP contribution in [0.3, 0.4) is 0 Å². The van der Waals surface area contributed by atoms with E-state index >= 15 is 0 Å². The van der Waals surface area contributed by atoms with Crippen molar-refractivity contribution in [3.8, 4) is 0 Å². The summed E-state index contributed by atoms with van der Waals surface area (Å²) < 4.78 is 9.80. The van der Waals surface area contributed by atoms with Crippen molar-refractivity contribution in [1.29, 1.82) is 0 Å². The first-order valence-electron chi connectivity index (χ1n) is 7.09. The Labute approximate surface area is 133 Å². The number of benzene rings is 1. The molecule has 7 nitrogen and oxygen atoms in total. The summed E-state index contributed by atoms with van der Waals surface area (Å²) in [7, 11) is 1.50. The van der Waals surface area contributed by atoms with E-state index in [-0.39, 0.29) is 18.8 Å². The van der Waals surface area contributed by atoms with E-state index < -0.39 is 17.8 Å². The highest BCUT2D eigenvalue weighted by molar-refractivity contribution is 5.92. The average molecular weight is 318 g/mol. The molecule has 0 spiro atoms. The van der Waals surface area contributed by atoms with Gasteiger partial charge in [0.2, 0.25) is 0 Å². The molecule has 1 aromatic heterocycles. The summed E-state index contributed by atoms with van der Waals surface area (Å²) in [5.74, 6) is -1.73. The molecule has 1 amide bonds. The molecule has 2 aromatic rings. The Morgan fingerprint density at radius 3 is 2.74 bits per heavy atom. The second kappa shape index (κ2) is 8.09. The number of amides is 1. The summed E-state index contributed by atoms with van der Waals surface area (Å²) >= 11 is 0. The molecule has 0 aliphatic heterocycles. The van der Waals surface area contributed by atoms with Crippen LogP contribution in [-0.2, 0) is 22.6 Å². The normalized spacial score (nSPS) is 11.9. The number of aromatic nitrogens is 1. The van der Waals surface area contributed by atoms with E-state index in [9.17, 15) is 14.7 Å². The molecular weight excluding hydrogens is 300 g/mol. The van der Waals surface area contributed by atoms with Crippen LogP contribution in [0.2, 0.25) is 0 Å². The highest BCUT2D eigenvalue weighted by atomic mass is 16.5. The van der Waals surface area contributed by atoms with Crippen LogP contribution in [0.1, 0.15) is 21.8 Å². The van der Waals surface area contributed by atoms with E-state index in [1.807, 2.05) is 30.3 Å². The summed E-state index contributed by atoms with van der Waals surface area (Å²) in [5, 5.41) is 15.5. The second-order valence-electron chi connectivity index (χ2n) is 5.05. The lowest BCUT2D eigenvalue weighted by atomic mass is 9.99. The topological polar surface area (TPSA) is 102 Å². The van der Waals surface area contributed by atoms with Gasteiger partial charge in [-0.3, -0.25) is 9.59 Å². The van der Waals surface area contributed by atoms with Crippen LogP contribution in [0.15, 0.2) is 40.9 Å². The van der Waals surface area contributed by atoms with Gasteiger partial charge in [0.1, 0.15) is 6.61 Å². The molecule has 0 fully saturated rings. The maximum Gasteiger partial charge on any atom is 0.308 e. The zero-order valence-corrected chi connectivity index (χ0v) is 12.7. The third-order valence-corrected chi connectivity index (χ3v) is 3.26. The molecule has 1 atom stereocenters. The molecule has 0 bridgehead atoms. The number of nitrogens with one attached hydrogen (secondary N) is 1. The second-order valence-corrected chi connectivity index (χ2v) is 5.05. The van der Waals surface area contributed by atoms with Gasteiger partial charge in [-0.15, -0.1) is 0 Å². The molecule has 0 saturated carbocycles. The summed E-state index contributed by atoms with van der Waals surface area (Å²) in [6, 6.07) is 10.7. The molecule has 2 rings (SSSR count). The maximum absolute atomic E-state index is 12.0. The van der Waals surface area contributed by atoms with Gasteiger partial charge in [-0.05, 0) is 12.0 Å². The maximum atomic E-state index is 12.0. The predicted octanol–water partition coefficient (Wildman–Crippen LogP) is 1.49. The Hall–Kier alpha value is -2.67. The molecule has 1 aromatic carbocycles. The van der Waals surface area contributed by atoms with Gasteiger partial charge in [-0.2, -0.15) is 0 Å². The lowest BCUT2D eigenvalue weighted by Gasteiger charge is -2.12. The zero-order chi connectivity index (χ0) is 16.7. The molecule has 23 heavy (non-hydrogen) atoms. The third kappa shape index (κ3) is 4.93. The van der Waals surface area contributed by atoms with Gasteiger partial charge >= 0.3 is 5.97 Å². The first-order valence-corrected chi connectivity index (χ1v) is 7.09. The van der Waals surface area contributed by atoms with Crippen LogP contribution in [0.5, 0.6) is 0 Å². The molecular formula is C16H18N2O5. The van der Waals surface area contributed by atoms with Crippen LogP contribution in [-0.4, -0.2) is 35.8 Å². The Bertz CT molecular complexity index is 654. The van der Waals surface area contributed by atoms with Crippen molar-refractivity contribution >= 4 is 11.9 Å². The van der Waals surface area contributed by atoms with Gasteiger partial charge in [0, 0.05) is 19.7 Å². The predicted molar refractivity (Wildman–Crippen MR) is 80.8 cm³/mol. The van der Waals surface area contributed by atoms with E-state index in [0.29, 0.717) is 12.2 Å². The minimum Gasteiger partial charge on any atom is -0.481 e. The van der Waals surface area contributed by atoms with E-state index in [1.165, 1.54) is 13.2 Å². The fourth-order valence-electron chi connectivity index (χ4n) is 2.08. The fraction of sp³-hybridized carbons (Fsp3) is 0.312. The minimum atomic E-state index is -0.964. The smallest absolute Gasteiger partial charge is 0.308 e. The Balaban J connectivity index is 1.92. The Kier molecular flexibility index (Phi) is 5.87. The monoisotopic (exact) mass is 318 g/mol. The molecule has 0 radical (unpaired) electrons. The molecule has 2 N–H and O–H groups in total. The van der Waals surface area contributed by atoms with Crippen molar-refractivity contribution in [3.63, 3.8) is 0 Å². The van der Waals surface area contributed by atoms with Crippen LogP contribution >= 0.6 is 0 Å². The number of hydrogen-bond acceptors (Lipinski definition) is 5. The number of carboxylic acid groups (broad SMARTS) is 1. The highest BCUT2D eigenvalue weighted by Crippen LogP contribution is 2.09. The molecule has 0 aliphatic rings. The Morgan fingerprint density at radius 2 is 2.09 bits per heavy atom.